The van der Waals surface area contributed by atoms with Crippen LogP contribution < -0.4 is 15.4 Å². The topological polar surface area (TPSA) is 193 Å². The Kier molecular flexibility index (Phi) is 12.4. The number of carbonyl (C=O) groups is 4. The molecule has 0 aliphatic carbocycles. The first-order valence-electron chi connectivity index (χ1n) is 22.6. The van der Waals surface area contributed by atoms with Crippen molar-refractivity contribution in [1.82, 2.24) is 40.4 Å². The molecule has 16 heteroatoms. The van der Waals surface area contributed by atoms with Crippen molar-refractivity contribution in [3.05, 3.63) is 102 Å². The summed E-state index contributed by atoms with van der Waals surface area (Å²) < 4.78 is 21.8. The zero-order valence-corrected chi connectivity index (χ0v) is 38.1. The Morgan fingerprint density at radius 1 is 0.848 bits per heavy atom. The van der Waals surface area contributed by atoms with Crippen LogP contribution in [-0.2, 0) is 30.4 Å². The van der Waals surface area contributed by atoms with E-state index >= 15 is 0 Å². The van der Waals surface area contributed by atoms with Crippen molar-refractivity contribution >= 4 is 45.8 Å². The fraction of sp³-hybridized carbons (Fsp3) is 0.400. The zero-order valence-electron chi connectivity index (χ0n) is 38.1. The van der Waals surface area contributed by atoms with Gasteiger partial charge in [-0.15, -0.1) is 0 Å². The third kappa shape index (κ3) is 8.41. The summed E-state index contributed by atoms with van der Waals surface area (Å²) in [5.74, 6) is 1.94. The highest BCUT2D eigenvalue weighted by Gasteiger charge is 2.43. The van der Waals surface area contributed by atoms with Crippen LogP contribution in [0.25, 0.3) is 44.2 Å². The molecule has 3 unspecified atom stereocenters. The number of likely N-dealkylation sites (tertiary alicyclic amines) is 2. The lowest BCUT2D eigenvalue weighted by Crippen LogP contribution is -2.51. The van der Waals surface area contributed by atoms with Crippen molar-refractivity contribution in [2.45, 2.75) is 70.8 Å². The lowest BCUT2D eigenvalue weighted by molar-refractivity contribution is -0.136. The second kappa shape index (κ2) is 18.5. The SMILES string of the molecule is CC[C@H](C)C(NC(=O)OC)C(=O)N1C[C@@H](C)CC1c1ncc(-c2ccc3c(c2)COc2cc4c(ccc5[nH]c([C@@H]6C[C@H](COC)CN6C(=O)C(NC(=O)OC)c6ccccc6)nc54)cc2-3)[nH]1. The van der Waals surface area contributed by atoms with E-state index in [1.54, 1.807) is 12.0 Å². The molecule has 4 aromatic carbocycles. The fourth-order valence-electron chi connectivity index (χ4n) is 9.94. The predicted molar refractivity (Wildman–Crippen MR) is 247 cm³/mol. The van der Waals surface area contributed by atoms with E-state index in [1.807, 2.05) is 61.3 Å². The molecular weight excluding hydrogens is 841 g/mol. The molecule has 4 amide bonds. The summed E-state index contributed by atoms with van der Waals surface area (Å²) in [5, 5.41) is 7.43. The number of carbonyl (C=O) groups excluding carboxylic acids is 4. The molecule has 0 radical (unpaired) electrons. The third-order valence-corrected chi connectivity index (χ3v) is 13.5. The Hall–Kier alpha value is -6.94. The van der Waals surface area contributed by atoms with E-state index in [2.05, 4.69) is 63.9 Å². The average molecular weight is 897 g/mol. The van der Waals surface area contributed by atoms with Crippen molar-refractivity contribution in [2.24, 2.45) is 17.8 Å². The molecule has 16 nitrogen and oxygen atoms in total. The molecule has 2 saturated heterocycles. The van der Waals surface area contributed by atoms with E-state index in [0.29, 0.717) is 56.4 Å². The van der Waals surface area contributed by atoms with Crippen LogP contribution >= 0.6 is 0 Å². The number of hydrogen-bond donors (Lipinski definition) is 4. The second-order valence-electron chi connectivity index (χ2n) is 17.9. The number of H-pyrrole nitrogens is 2. The Bertz CT molecular complexity index is 2790. The highest BCUT2D eigenvalue weighted by atomic mass is 16.5. The van der Waals surface area contributed by atoms with Crippen molar-refractivity contribution in [1.29, 1.82) is 0 Å². The molecule has 5 heterocycles. The average Bonchev–Trinajstić information content (AvgIpc) is 4.17. The maximum Gasteiger partial charge on any atom is 0.407 e. The van der Waals surface area contributed by atoms with Gasteiger partial charge in [0, 0.05) is 37.1 Å². The molecule has 7 atom stereocenters. The molecule has 0 bridgehead atoms. The van der Waals surface area contributed by atoms with Gasteiger partial charge in [-0.3, -0.25) is 9.59 Å². The Labute approximate surface area is 382 Å². The number of nitrogens with one attached hydrogen (secondary N) is 4. The standard InChI is InChI=1S/C50H56N8O8/c1-7-28(3)42(55-49(61)64-5)47(59)57-23-27(2)17-39(57)45-51-22-38(53-45)32-13-15-34-33(19-32)26-66-41-21-35-31(20-36(34)41)14-16-37-44(35)54-46(52-37)40-18-29(25-63-4)24-58(40)48(60)43(56-50(62)65-6)30-11-9-8-10-12-30/h8-16,19-22,27-29,39-40,42-43H,7,17-18,23-26H2,1-6H3,(H,51,53)(H,52,54)(H,55,61)(H,56,62)/t27-,28-,29-,39?,40-,42?,43?/m0/s1. The smallest absolute Gasteiger partial charge is 0.407 e. The van der Waals surface area contributed by atoms with Gasteiger partial charge >= 0.3 is 12.2 Å². The zero-order chi connectivity index (χ0) is 46.2. The summed E-state index contributed by atoms with van der Waals surface area (Å²) in [5.41, 5.74) is 7.10. The molecule has 6 aromatic rings. The van der Waals surface area contributed by atoms with Crippen molar-refractivity contribution in [2.75, 3.05) is 41.0 Å². The molecule has 3 aliphatic rings. The largest absolute Gasteiger partial charge is 0.488 e. The maximum absolute atomic E-state index is 14.4. The van der Waals surface area contributed by atoms with Crippen LogP contribution in [-0.4, -0.2) is 101 Å². The number of benzene rings is 4. The van der Waals surface area contributed by atoms with Gasteiger partial charge in [-0.2, -0.15) is 0 Å². The minimum Gasteiger partial charge on any atom is -0.488 e. The lowest BCUT2D eigenvalue weighted by atomic mass is 9.92. The van der Waals surface area contributed by atoms with Crippen LogP contribution in [0.5, 0.6) is 5.75 Å². The van der Waals surface area contributed by atoms with Gasteiger partial charge in [-0.25, -0.2) is 19.6 Å². The molecule has 2 fully saturated rings. The number of methoxy groups -OCH3 is 3. The molecule has 4 N–H and O–H groups in total. The van der Waals surface area contributed by atoms with Crippen molar-refractivity contribution in [3.8, 4) is 28.1 Å². The first kappa shape index (κ1) is 44.3. The number of rotatable bonds is 12. The summed E-state index contributed by atoms with van der Waals surface area (Å²) in [4.78, 5) is 73.8. The van der Waals surface area contributed by atoms with Crippen LogP contribution in [0.4, 0.5) is 9.59 Å². The summed E-state index contributed by atoms with van der Waals surface area (Å²) >= 11 is 0. The Balaban J connectivity index is 0.979. The van der Waals surface area contributed by atoms with Gasteiger partial charge in [0.1, 0.15) is 36.1 Å². The number of amides is 4. The lowest BCUT2D eigenvalue weighted by Gasteiger charge is -2.30. The monoisotopic (exact) mass is 896 g/mol. The maximum atomic E-state index is 14.4. The van der Waals surface area contributed by atoms with E-state index in [9.17, 15) is 19.2 Å². The molecule has 3 aliphatic heterocycles. The van der Waals surface area contributed by atoms with Crippen LogP contribution in [0.15, 0.2) is 79.0 Å². The predicted octanol–water partition coefficient (Wildman–Crippen LogP) is 7.98. The van der Waals surface area contributed by atoms with Crippen molar-refractivity contribution < 1.29 is 38.1 Å². The van der Waals surface area contributed by atoms with E-state index in [4.69, 9.17) is 28.9 Å². The van der Waals surface area contributed by atoms with Gasteiger partial charge < -0.3 is 49.3 Å². The molecule has 2 aromatic heterocycles. The summed E-state index contributed by atoms with van der Waals surface area (Å²) in [7, 11) is 4.23. The first-order valence-corrected chi connectivity index (χ1v) is 22.6. The molecule has 66 heavy (non-hydrogen) atoms. The quantitative estimate of drug-likeness (QED) is 0.0936. The van der Waals surface area contributed by atoms with Gasteiger partial charge in [0.05, 0.1) is 55.8 Å². The van der Waals surface area contributed by atoms with Gasteiger partial charge in [-0.1, -0.05) is 75.7 Å². The highest BCUT2D eigenvalue weighted by Crippen LogP contribution is 2.44. The minimum atomic E-state index is -0.956. The van der Waals surface area contributed by atoms with Crippen LogP contribution in [0.2, 0.25) is 0 Å². The van der Waals surface area contributed by atoms with E-state index in [1.165, 1.54) is 14.2 Å². The number of nitrogens with zero attached hydrogens (tertiary/aromatic N) is 4. The van der Waals surface area contributed by atoms with Gasteiger partial charge in [-0.05, 0) is 76.6 Å². The van der Waals surface area contributed by atoms with E-state index in [-0.39, 0.29) is 35.6 Å². The van der Waals surface area contributed by atoms with Gasteiger partial charge in [0.15, 0.2) is 0 Å². The molecular formula is C50H56N8O8. The normalized spacial score (nSPS) is 20.3. The molecule has 0 saturated carbocycles. The summed E-state index contributed by atoms with van der Waals surface area (Å²) in [6.07, 6.45) is 2.58. The second-order valence-corrected chi connectivity index (χ2v) is 17.9. The molecule has 9 rings (SSSR count). The van der Waals surface area contributed by atoms with Gasteiger partial charge in [0.25, 0.3) is 5.91 Å². The highest BCUT2D eigenvalue weighted by molar-refractivity contribution is 6.07. The van der Waals surface area contributed by atoms with Crippen LogP contribution in [0, 0.1) is 17.8 Å². The summed E-state index contributed by atoms with van der Waals surface area (Å²) in [6.45, 7) is 7.91. The van der Waals surface area contributed by atoms with Gasteiger partial charge in [0.2, 0.25) is 5.91 Å². The van der Waals surface area contributed by atoms with Crippen LogP contribution in [0.3, 0.4) is 0 Å². The number of imidazole rings is 2. The Morgan fingerprint density at radius 3 is 2.36 bits per heavy atom. The third-order valence-electron chi connectivity index (χ3n) is 13.5. The van der Waals surface area contributed by atoms with E-state index < -0.39 is 30.3 Å². The van der Waals surface area contributed by atoms with Crippen molar-refractivity contribution in [3.63, 3.8) is 0 Å². The fourth-order valence-corrected chi connectivity index (χ4v) is 9.94. The van der Waals surface area contributed by atoms with E-state index in [0.717, 1.165) is 61.9 Å². The summed E-state index contributed by atoms with van der Waals surface area (Å²) in [6, 6.07) is 21.4. The number of hydrogen-bond acceptors (Lipinski definition) is 10. The Morgan fingerprint density at radius 2 is 1.61 bits per heavy atom. The number of ether oxygens (including phenoxy) is 4. The number of aromatic amines is 2. The number of fused-ring (bicyclic) bond motifs is 6. The number of alkyl carbamates (subject to hydrolysis) is 2. The number of aromatic nitrogens is 4. The van der Waals surface area contributed by atoms with Crippen LogP contribution in [0.1, 0.15) is 80.9 Å². The molecule has 0 spiro atoms. The molecule has 344 valence electrons. The minimum absolute atomic E-state index is 0.0579. The first-order chi connectivity index (χ1) is 32.0.